The Balaban J connectivity index is 0.000000613. The molecule has 0 aliphatic rings. The fourth-order valence-electron chi connectivity index (χ4n) is 2.56. The fourth-order valence-corrected chi connectivity index (χ4v) is 2.56. The number of anilines is 2. The van der Waals surface area contributed by atoms with Gasteiger partial charge in [-0.05, 0) is 36.8 Å². The molecular formula is C19H16N4O3. The smallest absolute Gasteiger partial charge is 0.290 e. The van der Waals surface area contributed by atoms with E-state index < -0.39 is 0 Å². The lowest BCUT2D eigenvalue weighted by Crippen LogP contribution is -2.16. The number of carbonyl (C=O) groups is 1. The van der Waals surface area contributed by atoms with Crippen molar-refractivity contribution in [2.75, 3.05) is 5.32 Å². The molecule has 0 fully saturated rings. The Labute approximate surface area is 148 Å². The highest BCUT2D eigenvalue weighted by molar-refractivity contribution is 5.79. The van der Waals surface area contributed by atoms with Crippen LogP contribution in [0, 0.1) is 6.92 Å². The lowest BCUT2D eigenvalue weighted by molar-refractivity contribution is -0.122. The van der Waals surface area contributed by atoms with Gasteiger partial charge in [-0.15, -0.1) is 0 Å². The van der Waals surface area contributed by atoms with Gasteiger partial charge < -0.3 is 10.4 Å². The molecule has 2 N–H and O–H groups in total. The minimum Gasteiger partial charge on any atom is -0.483 e. The highest BCUT2D eigenvalue weighted by Crippen LogP contribution is 2.18. The zero-order chi connectivity index (χ0) is 18.5. The van der Waals surface area contributed by atoms with E-state index in [2.05, 4.69) is 15.3 Å². The van der Waals surface area contributed by atoms with E-state index >= 15 is 0 Å². The van der Waals surface area contributed by atoms with Gasteiger partial charge in [0.1, 0.15) is 5.82 Å². The third-order valence-electron chi connectivity index (χ3n) is 3.80. The van der Waals surface area contributed by atoms with Crippen LogP contribution in [0.25, 0.3) is 16.7 Å². The van der Waals surface area contributed by atoms with Crippen LogP contribution in [0.1, 0.15) is 5.56 Å². The number of fused-ring (bicyclic) bond motifs is 2. The van der Waals surface area contributed by atoms with Crippen molar-refractivity contribution in [1.82, 2.24) is 14.4 Å². The third-order valence-corrected chi connectivity index (χ3v) is 3.80. The minimum atomic E-state index is -0.250. The molecule has 0 saturated carbocycles. The molecule has 0 amide bonds. The molecule has 0 radical (unpaired) electrons. The summed E-state index contributed by atoms with van der Waals surface area (Å²) >= 11 is 0. The second-order valence-electron chi connectivity index (χ2n) is 5.46. The number of aryl methyl sites for hydroxylation is 1. The maximum atomic E-state index is 12.5. The molecule has 0 atom stereocenters. The van der Waals surface area contributed by atoms with Gasteiger partial charge >= 0.3 is 0 Å². The highest BCUT2D eigenvalue weighted by atomic mass is 16.3. The Kier molecular flexibility index (Phi) is 4.89. The highest BCUT2D eigenvalue weighted by Gasteiger charge is 2.07. The van der Waals surface area contributed by atoms with Crippen LogP contribution in [0.5, 0.6) is 0 Å². The Morgan fingerprint density at radius 2 is 1.73 bits per heavy atom. The number of nitrogens with zero attached hydrogens (tertiary/aromatic N) is 3. The average Bonchev–Trinajstić information content (AvgIpc) is 2.64. The summed E-state index contributed by atoms with van der Waals surface area (Å²) in [6, 6.07) is 17.0. The summed E-state index contributed by atoms with van der Waals surface area (Å²) in [6.07, 6.45) is 1.70. The maximum Gasteiger partial charge on any atom is 0.290 e. The molecule has 7 heteroatoms. The molecule has 0 aliphatic carbocycles. The first-order valence-electron chi connectivity index (χ1n) is 7.82. The van der Waals surface area contributed by atoms with Crippen LogP contribution < -0.4 is 10.9 Å². The number of nitrogens with one attached hydrogen (secondary N) is 1. The van der Waals surface area contributed by atoms with Crippen molar-refractivity contribution in [2.24, 2.45) is 0 Å². The van der Waals surface area contributed by atoms with Crippen molar-refractivity contribution in [3.05, 3.63) is 76.7 Å². The molecule has 7 nitrogen and oxygen atoms in total. The molecule has 2 heterocycles. The number of rotatable bonds is 2. The number of benzene rings is 2. The van der Waals surface area contributed by atoms with Gasteiger partial charge in [-0.3, -0.25) is 14.0 Å². The molecular weight excluding hydrogens is 332 g/mol. The van der Waals surface area contributed by atoms with E-state index in [1.54, 1.807) is 18.3 Å². The molecule has 0 bridgehead atoms. The number of carboxylic acid groups (broad SMARTS) is 1. The topological polar surface area (TPSA) is 96.6 Å². The van der Waals surface area contributed by atoms with Gasteiger partial charge in [-0.1, -0.05) is 30.3 Å². The zero-order valence-corrected chi connectivity index (χ0v) is 14.0. The summed E-state index contributed by atoms with van der Waals surface area (Å²) < 4.78 is 1.46. The lowest BCUT2D eigenvalue weighted by Gasteiger charge is -2.09. The van der Waals surface area contributed by atoms with Crippen molar-refractivity contribution >= 4 is 34.7 Å². The van der Waals surface area contributed by atoms with E-state index in [9.17, 15) is 4.79 Å². The summed E-state index contributed by atoms with van der Waals surface area (Å²) in [5.74, 6) is 1.04. The second kappa shape index (κ2) is 7.43. The van der Waals surface area contributed by atoms with Gasteiger partial charge in [0, 0.05) is 11.9 Å². The van der Waals surface area contributed by atoms with E-state index in [1.807, 2.05) is 49.4 Å². The average molecular weight is 348 g/mol. The second-order valence-corrected chi connectivity index (χ2v) is 5.46. The van der Waals surface area contributed by atoms with Crippen molar-refractivity contribution in [3.63, 3.8) is 0 Å². The number of aromatic nitrogens is 3. The molecule has 4 rings (SSSR count). The van der Waals surface area contributed by atoms with Crippen LogP contribution in [0.2, 0.25) is 0 Å². The van der Waals surface area contributed by atoms with Crippen LogP contribution in [0.4, 0.5) is 11.5 Å². The van der Waals surface area contributed by atoms with Crippen LogP contribution in [0.3, 0.4) is 0 Å². The summed E-state index contributed by atoms with van der Waals surface area (Å²) in [6.45, 7) is 1.78. The number of para-hydroxylation sites is 2. The molecule has 0 unspecified atom stereocenters. The molecule has 0 spiro atoms. The zero-order valence-electron chi connectivity index (χ0n) is 14.0. The van der Waals surface area contributed by atoms with Gasteiger partial charge in [-0.25, -0.2) is 4.98 Å². The lowest BCUT2D eigenvalue weighted by atomic mass is 10.2. The van der Waals surface area contributed by atoms with Crippen LogP contribution in [-0.4, -0.2) is 25.9 Å². The number of hydrogen-bond acceptors (Lipinski definition) is 5. The van der Waals surface area contributed by atoms with Crippen LogP contribution >= 0.6 is 0 Å². The standard InChI is InChI=1S/C18H14N4O.CH2O2/c1-12-6-2-4-8-14(12)19-16-10-11-22-17(23)13-7-3-5-9-15(13)20-18(22)21-16;2-1-3/h2-11H,1H3,(H,19,20,21);1H,(H,2,3). The monoisotopic (exact) mass is 348 g/mol. The first kappa shape index (κ1) is 17.1. The Hall–Kier alpha value is -3.74. The Bertz CT molecular complexity index is 1140. The molecule has 0 aliphatic heterocycles. The maximum absolute atomic E-state index is 12.5. The van der Waals surface area contributed by atoms with Crippen molar-refractivity contribution in [1.29, 1.82) is 0 Å². The molecule has 2 aromatic carbocycles. The van der Waals surface area contributed by atoms with Gasteiger partial charge in [0.15, 0.2) is 0 Å². The van der Waals surface area contributed by atoms with Crippen LogP contribution in [0.15, 0.2) is 65.6 Å². The van der Waals surface area contributed by atoms with Gasteiger partial charge in [0.05, 0.1) is 10.9 Å². The molecule has 130 valence electrons. The molecule has 4 aromatic rings. The molecule has 26 heavy (non-hydrogen) atoms. The van der Waals surface area contributed by atoms with E-state index in [1.165, 1.54) is 4.40 Å². The predicted octanol–water partition coefficient (Wildman–Crippen LogP) is 3.00. The van der Waals surface area contributed by atoms with E-state index in [0.29, 0.717) is 22.5 Å². The van der Waals surface area contributed by atoms with Gasteiger partial charge in [0.2, 0.25) is 5.78 Å². The summed E-state index contributed by atoms with van der Waals surface area (Å²) in [4.78, 5) is 29.8. The molecule has 0 saturated heterocycles. The molecule has 2 aromatic heterocycles. The summed E-state index contributed by atoms with van der Waals surface area (Å²) in [7, 11) is 0. The third kappa shape index (κ3) is 3.36. The van der Waals surface area contributed by atoms with Gasteiger partial charge in [-0.2, -0.15) is 4.98 Å². The van der Waals surface area contributed by atoms with E-state index in [4.69, 9.17) is 9.90 Å². The Morgan fingerprint density at radius 3 is 2.50 bits per heavy atom. The predicted molar refractivity (Wildman–Crippen MR) is 99.9 cm³/mol. The first-order valence-corrected chi connectivity index (χ1v) is 7.82. The first-order chi connectivity index (χ1) is 12.6. The van der Waals surface area contributed by atoms with Crippen molar-refractivity contribution in [2.45, 2.75) is 6.92 Å². The van der Waals surface area contributed by atoms with Crippen molar-refractivity contribution in [3.8, 4) is 0 Å². The Morgan fingerprint density at radius 1 is 1.04 bits per heavy atom. The van der Waals surface area contributed by atoms with Crippen LogP contribution in [-0.2, 0) is 4.79 Å². The fraction of sp³-hybridized carbons (Fsp3) is 0.0526. The SMILES string of the molecule is Cc1ccccc1Nc1ccn2c(=O)c3ccccc3nc2n1.O=CO. The minimum absolute atomic E-state index is 0.111. The van der Waals surface area contributed by atoms with E-state index in [-0.39, 0.29) is 12.0 Å². The quantitative estimate of drug-likeness (QED) is 0.427. The summed E-state index contributed by atoms with van der Waals surface area (Å²) in [5.41, 5.74) is 2.64. The normalized spacial score (nSPS) is 10.2. The largest absolute Gasteiger partial charge is 0.483 e. The summed E-state index contributed by atoms with van der Waals surface area (Å²) in [5, 5.41) is 10.7. The van der Waals surface area contributed by atoms with Crippen molar-refractivity contribution < 1.29 is 9.90 Å². The van der Waals surface area contributed by atoms with Gasteiger partial charge in [0.25, 0.3) is 12.0 Å². The number of hydrogen-bond donors (Lipinski definition) is 2. The van der Waals surface area contributed by atoms with E-state index in [0.717, 1.165) is 11.3 Å².